The molecule has 1 N–H and O–H groups in total. The number of hydrogen-bond acceptors (Lipinski definition) is 4. The monoisotopic (exact) mass is 435 g/mol. The van der Waals surface area contributed by atoms with Crippen molar-refractivity contribution in [2.75, 3.05) is 0 Å². The van der Waals surface area contributed by atoms with Crippen LogP contribution < -0.4 is 10.9 Å². The van der Waals surface area contributed by atoms with E-state index >= 15 is 0 Å². The van der Waals surface area contributed by atoms with Crippen LogP contribution in [0.1, 0.15) is 29.7 Å². The van der Waals surface area contributed by atoms with Crippen LogP contribution in [-0.2, 0) is 11.3 Å². The molecule has 2 heterocycles. The number of carbonyl (C=O) groups excluding carboxylic acids is 1. The molecule has 7 nitrogen and oxygen atoms in total. The third-order valence-corrected chi connectivity index (χ3v) is 5.32. The standard InChI is InChI=1S/C23H22ClN5O2/c1-14-8-15(2)10-19(9-14)29-22-20(11-26-29)23(31)28(13-25-22)12-21(30)27-16(3)17-4-6-18(24)7-5-17/h4-11,13,16H,12H2,1-3H3,(H,27,30). The number of nitrogens with one attached hydrogen (secondary N) is 1. The van der Waals surface area contributed by atoms with Gasteiger partial charge in [0, 0.05) is 5.02 Å². The molecule has 8 heteroatoms. The SMILES string of the molecule is Cc1cc(C)cc(-n2ncc3c(=O)n(CC(=O)NC(C)c4ccc(Cl)cc4)cnc32)c1. The van der Waals surface area contributed by atoms with E-state index in [9.17, 15) is 9.59 Å². The summed E-state index contributed by atoms with van der Waals surface area (Å²) in [4.78, 5) is 29.8. The van der Waals surface area contributed by atoms with E-state index in [4.69, 9.17) is 11.6 Å². The van der Waals surface area contributed by atoms with Gasteiger partial charge < -0.3 is 5.32 Å². The van der Waals surface area contributed by atoms with Gasteiger partial charge in [0.1, 0.15) is 18.3 Å². The maximum absolute atomic E-state index is 12.9. The Kier molecular flexibility index (Phi) is 5.61. The highest BCUT2D eigenvalue weighted by Crippen LogP contribution is 2.18. The van der Waals surface area contributed by atoms with Crippen molar-refractivity contribution in [3.05, 3.63) is 87.1 Å². The van der Waals surface area contributed by atoms with Gasteiger partial charge in [-0.2, -0.15) is 5.10 Å². The first-order chi connectivity index (χ1) is 14.8. The number of aromatic nitrogens is 4. The Morgan fingerprint density at radius 2 is 1.81 bits per heavy atom. The second kappa shape index (κ2) is 8.35. The van der Waals surface area contributed by atoms with Gasteiger partial charge in [-0.3, -0.25) is 14.2 Å². The highest BCUT2D eigenvalue weighted by molar-refractivity contribution is 6.30. The normalized spacial score (nSPS) is 12.1. The molecule has 4 rings (SSSR count). The van der Waals surface area contributed by atoms with E-state index < -0.39 is 0 Å². The lowest BCUT2D eigenvalue weighted by Crippen LogP contribution is -2.33. The minimum Gasteiger partial charge on any atom is -0.348 e. The molecule has 2 aromatic carbocycles. The summed E-state index contributed by atoms with van der Waals surface area (Å²) < 4.78 is 2.93. The number of hydrogen-bond donors (Lipinski definition) is 1. The summed E-state index contributed by atoms with van der Waals surface area (Å²) in [5.41, 5.74) is 4.10. The Labute approximate surface area is 184 Å². The maximum Gasteiger partial charge on any atom is 0.264 e. The molecule has 0 aliphatic rings. The summed E-state index contributed by atoms with van der Waals surface area (Å²) in [7, 11) is 0. The molecule has 1 unspecified atom stereocenters. The molecule has 1 amide bonds. The van der Waals surface area contributed by atoms with E-state index in [1.165, 1.54) is 17.1 Å². The molecule has 0 saturated heterocycles. The quantitative estimate of drug-likeness (QED) is 0.518. The van der Waals surface area contributed by atoms with E-state index in [0.29, 0.717) is 16.1 Å². The second-order valence-electron chi connectivity index (χ2n) is 7.66. The zero-order valence-corrected chi connectivity index (χ0v) is 18.2. The van der Waals surface area contributed by atoms with Crippen molar-refractivity contribution in [3.63, 3.8) is 0 Å². The zero-order valence-electron chi connectivity index (χ0n) is 17.5. The fourth-order valence-corrected chi connectivity index (χ4v) is 3.73. The van der Waals surface area contributed by atoms with Gasteiger partial charge in [0.2, 0.25) is 5.91 Å². The molecule has 0 fully saturated rings. The fourth-order valence-electron chi connectivity index (χ4n) is 3.60. The molecule has 1 atom stereocenters. The molecule has 0 spiro atoms. The first-order valence-corrected chi connectivity index (χ1v) is 10.3. The number of halogens is 1. The largest absolute Gasteiger partial charge is 0.348 e. The number of fused-ring (bicyclic) bond motifs is 1. The topological polar surface area (TPSA) is 81.8 Å². The molecule has 31 heavy (non-hydrogen) atoms. The van der Waals surface area contributed by atoms with Crippen LogP contribution >= 0.6 is 11.6 Å². The third-order valence-electron chi connectivity index (χ3n) is 5.07. The summed E-state index contributed by atoms with van der Waals surface area (Å²) in [5.74, 6) is -0.285. The zero-order chi connectivity index (χ0) is 22.1. The van der Waals surface area contributed by atoms with Crippen LogP contribution in [0, 0.1) is 13.8 Å². The van der Waals surface area contributed by atoms with Gasteiger partial charge in [0.05, 0.1) is 17.9 Å². The first-order valence-electron chi connectivity index (χ1n) is 9.88. The number of benzene rings is 2. The van der Waals surface area contributed by atoms with Crippen LogP contribution in [0.4, 0.5) is 0 Å². The summed E-state index contributed by atoms with van der Waals surface area (Å²) in [5, 5.41) is 8.24. The van der Waals surface area contributed by atoms with Gasteiger partial charge in [-0.15, -0.1) is 0 Å². The Morgan fingerprint density at radius 1 is 1.13 bits per heavy atom. The summed E-state index contributed by atoms with van der Waals surface area (Å²) >= 11 is 5.91. The van der Waals surface area contributed by atoms with Gasteiger partial charge in [-0.05, 0) is 61.7 Å². The number of nitrogens with zero attached hydrogens (tertiary/aromatic N) is 4. The van der Waals surface area contributed by atoms with Crippen molar-refractivity contribution in [1.29, 1.82) is 0 Å². The lowest BCUT2D eigenvalue weighted by Gasteiger charge is -2.15. The molecule has 158 valence electrons. The molecule has 4 aromatic rings. The van der Waals surface area contributed by atoms with Crippen LogP contribution in [0.25, 0.3) is 16.7 Å². The molecule has 0 aliphatic carbocycles. The molecule has 0 bridgehead atoms. The third kappa shape index (κ3) is 4.36. The molecule has 2 aromatic heterocycles. The Balaban J connectivity index is 1.56. The summed E-state index contributed by atoms with van der Waals surface area (Å²) in [6.45, 7) is 5.76. The van der Waals surface area contributed by atoms with E-state index in [1.54, 1.807) is 16.8 Å². The van der Waals surface area contributed by atoms with Crippen molar-refractivity contribution < 1.29 is 4.79 Å². The van der Waals surface area contributed by atoms with Crippen molar-refractivity contribution in [2.45, 2.75) is 33.4 Å². The van der Waals surface area contributed by atoms with Crippen LogP contribution in [0.2, 0.25) is 5.02 Å². The van der Waals surface area contributed by atoms with Crippen molar-refractivity contribution in [3.8, 4) is 5.69 Å². The van der Waals surface area contributed by atoms with Gasteiger partial charge in [-0.25, -0.2) is 9.67 Å². The second-order valence-corrected chi connectivity index (χ2v) is 8.09. The summed E-state index contributed by atoms with van der Waals surface area (Å²) in [6, 6.07) is 13.1. The average molecular weight is 436 g/mol. The van der Waals surface area contributed by atoms with E-state index in [2.05, 4.69) is 21.5 Å². The van der Waals surface area contributed by atoms with Crippen LogP contribution in [0.3, 0.4) is 0 Å². The highest BCUT2D eigenvalue weighted by atomic mass is 35.5. The van der Waals surface area contributed by atoms with Gasteiger partial charge in [0.25, 0.3) is 5.56 Å². The number of aryl methyl sites for hydroxylation is 2. The van der Waals surface area contributed by atoms with Crippen LogP contribution in [0.5, 0.6) is 0 Å². The fraction of sp³-hybridized carbons (Fsp3) is 0.217. The van der Waals surface area contributed by atoms with E-state index in [-0.39, 0.29) is 24.1 Å². The van der Waals surface area contributed by atoms with Gasteiger partial charge >= 0.3 is 0 Å². The van der Waals surface area contributed by atoms with E-state index in [1.807, 2.05) is 45.0 Å². The molecular formula is C23H22ClN5O2. The predicted octanol–water partition coefficient (Wildman–Crippen LogP) is 3.73. The number of amides is 1. The summed E-state index contributed by atoms with van der Waals surface area (Å²) in [6.07, 6.45) is 2.88. The Hall–Kier alpha value is -3.45. The maximum atomic E-state index is 12.9. The number of carbonyl (C=O) groups is 1. The molecular weight excluding hydrogens is 414 g/mol. The molecule has 0 radical (unpaired) electrons. The smallest absolute Gasteiger partial charge is 0.264 e. The Morgan fingerprint density at radius 3 is 2.48 bits per heavy atom. The van der Waals surface area contributed by atoms with Crippen molar-refractivity contribution in [2.24, 2.45) is 0 Å². The lowest BCUT2D eigenvalue weighted by atomic mass is 10.1. The average Bonchev–Trinajstić information content (AvgIpc) is 3.15. The van der Waals surface area contributed by atoms with E-state index in [0.717, 1.165) is 22.4 Å². The number of rotatable bonds is 5. The Bertz CT molecular complexity index is 1300. The lowest BCUT2D eigenvalue weighted by molar-refractivity contribution is -0.122. The minimum absolute atomic E-state index is 0.131. The predicted molar refractivity (Wildman–Crippen MR) is 121 cm³/mol. The van der Waals surface area contributed by atoms with Crippen LogP contribution in [0.15, 0.2) is 59.8 Å². The van der Waals surface area contributed by atoms with Crippen LogP contribution in [-0.4, -0.2) is 25.2 Å². The van der Waals surface area contributed by atoms with Gasteiger partial charge in [0.15, 0.2) is 5.65 Å². The van der Waals surface area contributed by atoms with Gasteiger partial charge in [-0.1, -0.05) is 29.8 Å². The van der Waals surface area contributed by atoms with Crippen molar-refractivity contribution in [1.82, 2.24) is 24.6 Å². The highest BCUT2D eigenvalue weighted by Gasteiger charge is 2.15. The first kappa shape index (κ1) is 20.8. The van der Waals surface area contributed by atoms with Crippen molar-refractivity contribution >= 4 is 28.5 Å². The minimum atomic E-state index is -0.310. The molecule has 0 aliphatic heterocycles. The molecule has 0 saturated carbocycles.